The Balaban J connectivity index is 1.60. The van der Waals surface area contributed by atoms with E-state index in [9.17, 15) is 9.59 Å². The lowest BCUT2D eigenvalue weighted by Gasteiger charge is -2.41. The quantitative estimate of drug-likeness (QED) is 0.400. The molecular weight excluding hydrogens is 484 g/mol. The molecule has 0 unspecified atom stereocenters. The predicted octanol–water partition coefficient (Wildman–Crippen LogP) is 4.21. The van der Waals surface area contributed by atoms with Gasteiger partial charge in [0, 0.05) is 18.7 Å². The Hall–Kier alpha value is -4.20. The number of hydrogen-bond donors (Lipinski definition) is 0. The second-order valence-electron chi connectivity index (χ2n) is 9.15. The minimum absolute atomic E-state index is 0.0126. The zero-order valence-electron chi connectivity index (χ0n) is 22.3. The van der Waals surface area contributed by atoms with Crippen LogP contribution in [0.3, 0.4) is 0 Å². The van der Waals surface area contributed by atoms with Crippen molar-refractivity contribution in [3.05, 3.63) is 83.4 Å². The molecule has 2 amide bonds. The molecule has 1 aliphatic rings. The van der Waals surface area contributed by atoms with Gasteiger partial charge < -0.3 is 28.7 Å². The zero-order valence-corrected chi connectivity index (χ0v) is 22.3. The number of carbonyl (C=O) groups excluding carboxylic acids is 2. The van der Waals surface area contributed by atoms with Crippen LogP contribution in [-0.4, -0.2) is 69.2 Å². The largest absolute Gasteiger partial charge is 0.497 e. The second-order valence-corrected chi connectivity index (χ2v) is 9.15. The van der Waals surface area contributed by atoms with Crippen LogP contribution in [0.4, 0.5) is 0 Å². The summed E-state index contributed by atoms with van der Waals surface area (Å²) in [5, 5.41) is 0. The number of benzene rings is 3. The summed E-state index contributed by atoms with van der Waals surface area (Å²) < 4.78 is 21.6. The molecule has 38 heavy (non-hydrogen) atoms. The van der Waals surface area contributed by atoms with Gasteiger partial charge in [0.25, 0.3) is 5.91 Å². The third kappa shape index (κ3) is 6.02. The highest BCUT2D eigenvalue weighted by Gasteiger charge is 2.35. The zero-order chi connectivity index (χ0) is 27.1. The Morgan fingerprint density at radius 1 is 0.842 bits per heavy atom. The van der Waals surface area contributed by atoms with Crippen LogP contribution in [-0.2, 0) is 17.8 Å². The lowest BCUT2D eigenvalue weighted by molar-refractivity contribution is -0.139. The lowest BCUT2D eigenvalue weighted by Crippen LogP contribution is -2.57. The smallest absolute Gasteiger partial charge is 0.254 e. The van der Waals surface area contributed by atoms with E-state index in [1.807, 2.05) is 47.4 Å². The van der Waals surface area contributed by atoms with Gasteiger partial charge in [-0.25, -0.2) is 0 Å². The van der Waals surface area contributed by atoms with E-state index in [0.29, 0.717) is 35.9 Å². The van der Waals surface area contributed by atoms with E-state index >= 15 is 0 Å². The van der Waals surface area contributed by atoms with Crippen LogP contribution in [0.1, 0.15) is 27.9 Å². The Labute approximate surface area is 223 Å². The number of amides is 2. The number of hydrogen-bond acceptors (Lipinski definition) is 6. The van der Waals surface area contributed by atoms with Crippen LogP contribution >= 0.6 is 0 Å². The van der Waals surface area contributed by atoms with Crippen molar-refractivity contribution in [2.24, 2.45) is 0 Å². The first-order valence-corrected chi connectivity index (χ1v) is 12.5. The van der Waals surface area contributed by atoms with Gasteiger partial charge in [-0.05, 0) is 48.2 Å². The minimum Gasteiger partial charge on any atom is -0.497 e. The summed E-state index contributed by atoms with van der Waals surface area (Å²) in [5.74, 6) is 1.57. The van der Waals surface area contributed by atoms with Crippen LogP contribution in [0.15, 0.2) is 66.7 Å². The van der Waals surface area contributed by atoms with Gasteiger partial charge in [-0.3, -0.25) is 9.59 Å². The van der Waals surface area contributed by atoms with Gasteiger partial charge in [0.15, 0.2) is 11.5 Å². The molecule has 0 N–H and O–H groups in total. The Morgan fingerprint density at radius 2 is 1.53 bits per heavy atom. The average molecular weight is 519 g/mol. The van der Waals surface area contributed by atoms with Gasteiger partial charge in [0.1, 0.15) is 12.3 Å². The van der Waals surface area contributed by atoms with Gasteiger partial charge in [-0.15, -0.1) is 0 Å². The standard InChI is InChI=1S/C30H34N2O6/c1-35-25-12-8-11-22(15-25)18-32-24(14-13-21-9-6-5-7-10-21)19-31(20-28(32)33)30(34)23-16-26(36-2)29(38-4)27(17-23)37-3/h5-12,15-17,24H,13-14,18-20H2,1-4H3/t24-/m0/s1. The number of ether oxygens (including phenoxy) is 4. The van der Waals surface area contributed by atoms with E-state index in [4.69, 9.17) is 18.9 Å². The van der Waals surface area contributed by atoms with E-state index < -0.39 is 0 Å². The summed E-state index contributed by atoms with van der Waals surface area (Å²) in [6.45, 7) is 0.848. The Kier molecular flexibility index (Phi) is 8.73. The molecule has 0 spiro atoms. The van der Waals surface area contributed by atoms with E-state index in [1.54, 1.807) is 24.1 Å². The van der Waals surface area contributed by atoms with Gasteiger partial charge in [-0.1, -0.05) is 42.5 Å². The first kappa shape index (κ1) is 26.9. The van der Waals surface area contributed by atoms with Crippen LogP contribution in [0.2, 0.25) is 0 Å². The van der Waals surface area contributed by atoms with Gasteiger partial charge in [0.2, 0.25) is 11.7 Å². The molecule has 1 saturated heterocycles. The number of aryl methyl sites for hydroxylation is 1. The number of nitrogens with zero attached hydrogens (tertiary/aromatic N) is 2. The molecule has 0 bridgehead atoms. The van der Waals surface area contributed by atoms with Gasteiger partial charge >= 0.3 is 0 Å². The van der Waals surface area contributed by atoms with E-state index in [-0.39, 0.29) is 24.4 Å². The number of carbonyl (C=O) groups is 2. The molecule has 8 heteroatoms. The Bertz CT molecular complexity index is 1240. The molecule has 0 saturated carbocycles. The molecule has 1 atom stereocenters. The lowest BCUT2D eigenvalue weighted by atomic mass is 10.00. The highest BCUT2D eigenvalue weighted by atomic mass is 16.5. The fourth-order valence-electron chi connectivity index (χ4n) is 4.83. The SMILES string of the molecule is COc1cccc(CN2C(=O)CN(C(=O)c3cc(OC)c(OC)c(OC)c3)C[C@@H]2CCc2ccccc2)c1. The molecule has 8 nitrogen and oxygen atoms in total. The number of methoxy groups -OCH3 is 4. The molecule has 3 aromatic carbocycles. The van der Waals surface area contributed by atoms with E-state index in [2.05, 4.69) is 12.1 Å². The van der Waals surface area contributed by atoms with Gasteiger partial charge in [-0.2, -0.15) is 0 Å². The van der Waals surface area contributed by atoms with Crippen molar-refractivity contribution >= 4 is 11.8 Å². The molecule has 4 rings (SSSR count). The summed E-state index contributed by atoms with van der Waals surface area (Å²) in [5.41, 5.74) is 2.54. The van der Waals surface area contributed by atoms with E-state index in [1.165, 1.54) is 26.9 Å². The molecule has 0 radical (unpaired) electrons. The summed E-state index contributed by atoms with van der Waals surface area (Å²) in [6.07, 6.45) is 1.51. The third-order valence-corrected chi connectivity index (χ3v) is 6.81. The van der Waals surface area contributed by atoms with Crippen molar-refractivity contribution in [2.75, 3.05) is 41.5 Å². The van der Waals surface area contributed by atoms with Crippen molar-refractivity contribution in [2.45, 2.75) is 25.4 Å². The van der Waals surface area contributed by atoms with Gasteiger partial charge in [0.05, 0.1) is 34.5 Å². The molecule has 0 aliphatic carbocycles. The maximum atomic E-state index is 13.6. The fourth-order valence-corrected chi connectivity index (χ4v) is 4.83. The molecule has 0 aromatic heterocycles. The van der Waals surface area contributed by atoms with E-state index in [0.717, 1.165) is 24.2 Å². The van der Waals surface area contributed by atoms with Crippen molar-refractivity contribution in [1.29, 1.82) is 0 Å². The summed E-state index contributed by atoms with van der Waals surface area (Å²) in [7, 11) is 6.15. The molecule has 1 heterocycles. The highest BCUT2D eigenvalue weighted by Crippen LogP contribution is 2.38. The first-order valence-electron chi connectivity index (χ1n) is 12.5. The number of piperazine rings is 1. The van der Waals surface area contributed by atoms with Crippen molar-refractivity contribution in [3.8, 4) is 23.0 Å². The van der Waals surface area contributed by atoms with Crippen LogP contribution in [0.5, 0.6) is 23.0 Å². The third-order valence-electron chi connectivity index (χ3n) is 6.81. The topological polar surface area (TPSA) is 77.5 Å². The highest BCUT2D eigenvalue weighted by molar-refractivity contribution is 5.98. The summed E-state index contributed by atoms with van der Waals surface area (Å²) in [6, 6.07) is 21.0. The molecular formula is C30H34N2O6. The van der Waals surface area contributed by atoms with Crippen LogP contribution < -0.4 is 18.9 Å². The minimum atomic E-state index is -0.261. The summed E-state index contributed by atoms with van der Waals surface area (Å²) >= 11 is 0. The first-order chi connectivity index (χ1) is 18.5. The van der Waals surface area contributed by atoms with Crippen molar-refractivity contribution in [1.82, 2.24) is 9.80 Å². The molecule has 200 valence electrons. The Morgan fingerprint density at radius 3 is 2.16 bits per heavy atom. The molecule has 1 fully saturated rings. The van der Waals surface area contributed by atoms with Crippen LogP contribution in [0.25, 0.3) is 0 Å². The monoisotopic (exact) mass is 518 g/mol. The molecule has 3 aromatic rings. The average Bonchev–Trinajstić information content (AvgIpc) is 2.96. The predicted molar refractivity (Wildman–Crippen MR) is 144 cm³/mol. The summed E-state index contributed by atoms with van der Waals surface area (Å²) in [4.78, 5) is 30.6. The maximum absolute atomic E-state index is 13.6. The normalized spacial score (nSPS) is 15.3. The number of rotatable bonds is 10. The second kappa shape index (κ2) is 12.4. The van der Waals surface area contributed by atoms with Crippen molar-refractivity contribution < 1.29 is 28.5 Å². The van der Waals surface area contributed by atoms with Crippen molar-refractivity contribution in [3.63, 3.8) is 0 Å². The molecule has 1 aliphatic heterocycles. The van der Waals surface area contributed by atoms with Crippen LogP contribution in [0, 0.1) is 0 Å². The fraction of sp³-hybridized carbons (Fsp3) is 0.333. The maximum Gasteiger partial charge on any atom is 0.254 e.